The normalized spacial score (nSPS) is 18.8. The summed E-state index contributed by atoms with van der Waals surface area (Å²) in [4.78, 5) is 73.4. The molecule has 0 aromatic heterocycles. The Morgan fingerprint density at radius 3 is 1.97 bits per heavy atom. The first kappa shape index (κ1) is 23.4. The SMILES string of the molecule is O=C(CN(C(=O)c1ccc([N+](=O)[O-])cc1)N1C(=O)[C@H]2CC=CC[C@H]2C1=O)c1cccc([N+](=O)[O-])c1. The van der Waals surface area contributed by atoms with Crippen LogP contribution in [-0.2, 0) is 9.59 Å². The Labute approximate surface area is 197 Å². The van der Waals surface area contributed by atoms with Gasteiger partial charge in [-0.2, -0.15) is 5.01 Å². The van der Waals surface area contributed by atoms with Crippen molar-refractivity contribution < 1.29 is 29.0 Å². The van der Waals surface area contributed by atoms with Gasteiger partial charge in [-0.1, -0.05) is 24.3 Å². The van der Waals surface area contributed by atoms with Crippen LogP contribution in [0.25, 0.3) is 0 Å². The zero-order valence-electron chi connectivity index (χ0n) is 18.1. The van der Waals surface area contributed by atoms with E-state index in [0.717, 1.165) is 30.3 Å². The molecule has 0 N–H and O–H groups in total. The van der Waals surface area contributed by atoms with Crippen molar-refractivity contribution in [1.29, 1.82) is 0 Å². The molecule has 2 aromatic carbocycles. The van der Waals surface area contributed by atoms with Gasteiger partial charge in [0.15, 0.2) is 5.78 Å². The number of Topliss-reactive ketones (excluding diaryl/α,β-unsaturated/α-hetero) is 1. The summed E-state index contributed by atoms with van der Waals surface area (Å²) in [5.41, 5.74) is -0.782. The number of imide groups is 1. The summed E-state index contributed by atoms with van der Waals surface area (Å²) in [6, 6.07) is 9.35. The maximum Gasteiger partial charge on any atom is 0.273 e. The van der Waals surface area contributed by atoms with Crippen molar-refractivity contribution in [2.24, 2.45) is 11.8 Å². The average molecular weight is 478 g/mol. The molecule has 4 rings (SSSR count). The Bertz CT molecular complexity index is 1260. The zero-order valence-corrected chi connectivity index (χ0v) is 18.1. The van der Waals surface area contributed by atoms with E-state index in [9.17, 15) is 39.4 Å². The number of benzene rings is 2. The van der Waals surface area contributed by atoms with Crippen molar-refractivity contribution in [3.8, 4) is 0 Å². The van der Waals surface area contributed by atoms with Crippen LogP contribution in [0, 0.1) is 32.1 Å². The Morgan fingerprint density at radius 2 is 1.43 bits per heavy atom. The molecule has 1 aliphatic carbocycles. The number of carbonyl (C=O) groups is 4. The third kappa shape index (κ3) is 4.40. The highest BCUT2D eigenvalue weighted by molar-refractivity contribution is 6.09. The van der Waals surface area contributed by atoms with Crippen LogP contribution in [-0.4, -0.2) is 49.9 Å². The smallest absolute Gasteiger partial charge is 0.273 e. The van der Waals surface area contributed by atoms with Crippen LogP contribution in [0.3, 0.4) is 0 Å². The number of nitrogens with zero attached hydrogens (tertiary/aromatic N) is 4. The van der Waals surface area contributed by atoms with Crippen molar-refractivity contribution in [2.45, 2.75) is 12.8 Å². The third-order valence-corrected chi connectivity index (χ3v) is 5.96. The van der Waals surface area contributed by atoms with E-state index in [0.29, 0.717) is 22.9 Å². The molecule has 2 aromatic rings. The molecular formula is C23H18N4O8. The molecule has 1 heterocycles. The van der Waals surface area contributed by atoms with Crippen LogP contribution in [0.15, 0.2) is 60.7 Å². The monoisotopic (exact) mass is 478 g/mol. The summed E-state index contributed by atoms with van der Waals surface area (Å²) in [6.45, 7) is -0.749. The van der Waals surface area contributed by atoms with Gasteiger partial charge in [-0.25, -0.2) is 5.01 Å². The first-order valence-electron chi connectivity index (χ1n) is 10.6. The van der Waals surface area contributed by atoms with Crippen molar-refractivity contribution >= 4 is 34.9 Å². The molecule has 1 fully saturated rings. The van der Waals surface area contributed by atoms with Crippen molar-refractivity contribution in [2.75, 3.05) is 6.54 Å². The second-order valence-corrected chi connectivity index (χ2v) is 8.04. The minimum Gasteiger partial charge on any atom is -0.292 e. The summed E-state index contributed by atoms with van der Waals surface area (Å²) in [5.74, 6) is -4.25. The Kier molecular flexibility index (Phi) is 6.19. The Hall–Kier alpha value is -4.74. The van der Waals surface area contributed by atoms with E-state index in [1.165, 1.54) is 18.2 Å². The topological polar surface area (TPSA) is 161 Å². The van der Waals surface area contributed by atoms with Crippen LogP contribution < -0.4 is 0 Å². The number of nitro groups is 2. The van der Waals surface area contributed by atoms with E-state index in [-0.39, 0.29) is 22.5 Å². The highest BCUT2D eigenvalue weighted by Crippen LogP contribution is 2.36. The maximum atomic E-state index is 13.4. The number of ketones is 1. The molecule has 1 aliphatic heterocycles. The molecule has 0 unspecified atom stereocenters. The molecular weight excluding hydrogens is 460 g/mol. The summed E-state index contributed by atoms with van der Waals surface area (Å²) in [7, 11) is 0. The number of rotatable bonds is 7. The Morgan fingerprint density at radius 1 is 0.857 bits per heavy atom. The summed E-state index contributed by atoms with van der Waals surface area (Å²) in [6.07, 6.45) is 4.16. The van der Waals surface area contributed by atoms with Gasteiger partial charge < -0.3 is 0 Å². The molecule has 2 aliphatic rings. The van der Waals surface area contributed by atoms with Gasteiger partial charge in [-0.3, -0.25) is 39.4 Å². The fraction of sp³-hybridized carbons (Fsp3) is 0.217. The van der Waals surface area contributed by atoms with Crippen molar-refractivity contribution in [3.63, 3.8) is 0 Å². The molecule has 12 heteroatoms. The largest absolute Gasteiger partial charge is 0.292 e. The number of hydrazine groups is 1. The fourth-order valence-electron chi connectivity index (χ4n) is 4.15. The lowest BCUT2D eigenvalue weighted by Gasteiger charge is -2.30. The third-order valence-electron chi connectivity index (χ3n) is 5.96. The molecule has 178 valence electrons. The van der Waals surface area contributed by atoms with E-state index in [1.807, 2.05) is 0 Å². The number of fused-ring (bicyclic) bond motifs is 1. The number of hydrogen-bond acceptors (Lipinski definition) is 8. The number of hydrogen-bond donors (Lipinski definition) is 0. The van der Waals surface area contributed by atoms with Gasteiger partial charge in [0.05, 0.1) is 21.7 Å². The second-order valence-electron chi connectivity index (χ2n) is 8.04. The minimum absolute atomic E-state index is 0.0844. The molecule has 1 saturated heterocycles. The molecule has 3 amide bonds. The molecule has 0 spiro atoms. The van der Waals surface area contributed by atoms with E-state index in [2.05, 4.69) is 0 Å². The highest BCUT2D eigenvalue weighted by Gasteiger charge is 2.51. The van der Waals surface area contributed by atoms with E-state index in [4.69, 9.17) is 0 Å². The summed E-state index contributed by atoms with van der Waals surface area (Å²) >= 11 is 0. The zero-order chi connectivity index (χ0) is 25.3. The van der Waals surface area contributed by atoms with Gasteiger partial charge in [-0.05, 0) is 25.0 Å². The lowest BCUT2D eigenvalue weighted by Crippen LogP contribution is -2.52. The summed E-state index contributed by atoms with van der Waals surface area (Å²) < 4.78 is 0. The van der Waals surface area contributed by atoms with Crippen molar-refractivity contribution in [1.82, 2.24) is 10.0 Å². The van der Waals surface area contributed by atoms with Crippen LogP contribution >= 0.6 is 0 Å². The van der Waals surface area contributed by atoms with Crippen LogP contribution in [0.2, 0.25) is 0 Å². The predicted octanol–water partition coefficient (Wildman–Crippen LogP) is 2.69. The molecule has 35 heavy (non-hydrogen) atoms. The lowest BCUT2D eigenvalue weighted by molar-refractivity contribution is -0.385. The number of carbonyl (C=O) groups excluding carboxylic acids is 4. The number of nitro benzene ring substituents is 2. The van der Waals surface area contributed by atoms with E-state index in [1.54, 1.807) is 12.2 Å². The van der Waals surface area contributed by atoms with Gasteiger partial charge in [0.25, 0.3) is 29.1 Å². The Balaban J connectivity index is 1.70. The maximum absolute atomic E-state index is 13.4. The van der Waals surface area contributed by atoms with Gasteiger partial charge in [0.1, 0.15) is 6.54 Å². The van der Waals surface area contributed by atoms with E-state index >= 15 is 0 Å². The average Bonchev–Trinajstić information content (AvgIpc) is 3.12. The molecule has 12 nitrogen and oxygen atoms in total. The second kappa shape index (κ2) is 9.25. The van der Waals surface area contributed by atoms with Gasteiger partial charge in [0.2, 0.25) is 0 Å². The van der Waals surface area contributed by atoms with Gasteiger partial charge >= 0.3 is 0 Å². The highest BCUT2D eigenvalue weighted by atomic mass is 16.6. The quantitative estimate of drug-likeness (QED) is 0.193. The van der Waals surface area contributed by atoms with Gasteiger partial charge in [0, 0.05) is 35.4 Å². The van der Waals surface area contributed by atoms with Crippen molar-refractivity contribution in [3.05, 3.63) is 92.0 Å². The lowest BCUT2D eigenvalue weighted by atomic mass is 9.85. The number of allylic oxidation sites excluding steroid dienone is 2. The first-order valence-corrected chi connectivity index (χ1v) is 10.6. The molecule has 0 saturated carbocycles. The number of non-ortho nitro benzene ring substituents is 2. The van der Waals surface area contributed by atoms with E-state index < -0.39 is 51.7 Å². The fourth-order valence-corrected chi connectivity index (χ4v) is 4.15. The minimum atomic E-state index is -0.896. The molecule has 2 atom stereocenters. The van der Waals surface area contributed by atoms with Crippen LogP contribution in [0.4, 0.5) is 11.4 Å². The van der Waals surface area contributed by atoms with Gasteiger partial charge in [-0.15, -0.1) is 0 Å². The van der Waals surface area contributed by atoms with Crippen LogP contribution in [0.5, 0.6) is 0 Å². The number of amides is 3. The van der Waals surface area contributed by atoms with Crippen LogP contribution in [0.1, 0.15) is 33.6 Å². The molecule has 0 radical (unpaired) electrons. The molecule has 0 bridgehead atoms. The summed E-state index contributed by atoms with van der Waals surface area (Å²) in [5, 5.41) is 23.4. The standard InChI is InChI=1S/C23H18N4O8/c28-20(15-4-3-5-17(12-15)27(34)35)13-24(21(29)14-8-10-16(11-9-14)26(32)33)25-22(30)18-6-1-2-7-19(18)23(25)31/h1-5,8-12,18-19H,6-7,13H2/t18-,19+. The predicted molar refractivity (Wildman–Crippen MR) is 119 cm³/mol. The first-order chi connectivity index (χ1) is 16.7.